The van der Waals surface area contributed by atoms with Gasteiger partial charge in [-0.2, -0.15) is 0 Å². The van der Waals surface area contributed by atoms with Gasteiger partial charge in [0.25, 0.3) is 0 Å². The van der Waals surface area contributed by atoms with E-state index in [1.165, 1.54) is 0 Å². The molecule has 3 atom stereocenters. The summed E-state index contributed by atoms with van der Waals surface area (Å²) in [6.45, 7) is 2.67. The minimum absolute atomic E-state index is 0.00805. The number of carboxylic acid groups (broad SMARTS) is 2. The Hall–Kier alpha value is -1.47. The standard InChI is InChI=1S/C17H28N2O5/c20-15(11-12(17(23)24)4-7-16(21)22)14-6-5-13-3-1-2-8-18-9-10-19(13)14/h12-14,18H,1-11H2,(H,21,22)(H,23,24)/t12-,13+,14+/m1/s1. The quantitative estimate of drug-likeness (QED) is 0.637. The molecule has 0 aliphatic carbocycles. The van der Waals surface area contributed by atoms with E-state index in [1.807, 2.05) is 0 Å². The second-order valence-electron chi connectivity index (χ2n) is 6.87. The molecule has 0 bridgehead atoms. The predicted molar refractivity (Wildman–Crippen MR) is 87.9 cm³/mol. The lowest BCUT2D eigenvalue weighted by Crippen LogP contribution is -2.44. The molecule has 2 fully saturated rings. The average Bonchev–Trinajstić information content (AvgIpc) is 2.95. The Morgan fingerprint density at radius 2 is 1.88 bits per heavy atom. The smallest absolute Gasteiger partial charge is 0.306 e. The van der Waals surface area contributed by atoms with Crippen molar-refractivity contribution in [3.05, 3.63) is 0 Å². The van der Waals surface area contributed by atoms with Crippen molar-refractivity contribution in [2.24, 2.45) is 5.92 Å². The van der Waals surface area contributed by atoms with Crippen molar-refractivity contribution >= 4 is 17.7 Å². The highest BCUT2D eigenvalue weighted by molar-refractivity contribution is 5.88. The molecule has 136 valence electrons. The van der Waals surface area contributed by atoms with Gasteiger partial charge in [-0.25, -0.2) is 0 Å². The normalized spacial score (nSPS) is 26.7. The van der Waals surface area contributed by atoms with Gasteiger partial charge in [-0.05, 0) is 38.6 Å². The summed E-state index contributed by atoms with van der Waals surface area (Å²) in [5.41, 5.74) is 0. The van der Waals surface area contributed by atoms with Crippen LogP contribution in [0, 0.1) is 5.92 Å². The van der Waals surface area contributed by atoms with Gasteiger partial charge in [0.2, 0.25) is 0 Å². The molecule has 2 aliphatic heterocycles. The van der Waals surface area contributed by atoms with E-state index in [1.54, 1.807) is 0 Å². The number of hydrogen-bond acceptors (Lipinski definition) is 5. The number of nitrogens with zero attached hydrogens (tertiary/aromatic N) is 1. The second-order valence-corrected chi connectivity index (χ2v) is 6.87. The Morgan fingerprint density at radius 1 is 1.08 bits per heavy atom. The average molecular weight is 340 g/mol. The van der Waals surface area contributed by atoms with Crippen LogP contribution in [0.1, 0.15) is 51.4 Å². The zero-order valence-corrected chi connectivity index (χ0v) is 14.1. The number of ketones is 1. The molecule has 7 nitrogen and oxygen atoms in total. The van der Waals surface area contributed by atoms with Gasteiger partial charge in [-0.15, -0.1) is 0 Å². The highest BCUT2D eigenvalue weighted by Crippen LogP contribution is 2.30. The number of carbonyl (C=O) groups is 3. The molecular weight excluding hydrogens is 312 g/mol. The molecule has 0 radical (unpaired) electrons. The third-order valence-electron chi connectivity index (χ3n) is 5.21. The van der Waals surface area contributed by atoms with Crippen LogP contribution in [0.25, 0.3) is 0 Å². The summed E-state index contributed by atoms with van der Waals surface area (Å²) < 4.78 is 0. The maximum atomic E-state index is 12.7. The molecule has 0 spiro atoms. The summed E-state index contributed by atoms with van der Waals surface area (Å²) >= 11 is 0. The number of carbonyl (C=O) groups excluding carboxylic acids is 1. The van der Waals surface area contributed by atoms with Crippen molar-refractivity contribution in [1.82, 2.24) is 10.2 Å². The fourth-order valence-corrected chi connectivity index (χ4v) is 3.88. The topological polar surface area (TPSA) is 107 Å². The second kappa shape index (κ2) is 9.13. The van der Waals surface area contributed by atoms with E-state index < -0.39 is 17.9 Å². The maximum absolute atomic E-state index is 12.7. The van der Waals surface area contributed by atoms with Crippen LogP contribution in [0.4, 0.5) is 0 Å². The maximum Gasteiger partial charge on any atom is 0.306 e. The van der Waals surface area contributed by atoms with Crippen LogP contribution in [-0.2, 0) is 14.4 Å². The van der Waals surface area contributed by atoms with E-state index in [0.717, 1.165) is 51.7 Å². The number of fused-ring (bicyclic) bond motifs is 1. The molecule has 3 N–H and O–H groups in total. The van der Waals surface area contributed by atoms with Crippen molar-refractivity contribution in [1.29, 1.82) is 0 Å². The van der Waals surface area contributed by atoms with E-state index in [9.17, 15) is 19.5 Å². The molecule has 2 heterocycles. The van der Waals surface area contributed by atoms with E-state index in [4.69, 9.17) is 5.11 Å². The van der Waals surface area contributed by atoms with Gasteiger partial charge in [0.15, 0.2) is 5.78 Å². The van der Waals surface area contributed by atoms with Crippen LogP contribution < -0.4 is 5.32 Å². The number of hydrogen-bond donors (Lipinski definition) is 3. The molecule has 0 aromatic carbocycles. The molecule has 0 unspecified atom stereocenters. The zero-order chi connectivity index (χ0) is 17.5. The molecule has 0 saturated carbocycles. The lowest BCUT2D eigenvalue weighted by atomic mass is 9.93. The fourth-order valence-electron chi connectivity index (χ4n) is 3.88. The first-order valence-corrected chi connectivity index (χ1v) is 8.93. The lowest BCUT2D eigenvalue weighted by molar-refractivity contribution is -0.145. The molecule has 0 aromatic rings. The summed E-state index contributed by atoms with van der Waals surface area (Å²) in [6.07, 6.45) is 4.89. The third kappa shape index (κ3) is 5.27. The Morgan fingerprint density at radius 3 is 2.58 bits per heavy atom. The fraction of sp³-hybridized carbons (Fsp3) is 0.824. The molecule has 0 amide bonds. The molecule has 7 heteroatoms. The molecule has 24 heavy (non-hydrogen) atoms. The van der Waals surface area contributed by atoms with Crippen molar-refractivity contribution in [2.45, 2.75) is 63.5 Å². The van der Waals surface area contributed by atoms with Gasteiger partial charge < -0.3 is 15.5 Å². The van der Waals surface area contributed by atoms with Crippen LogP contribution >= 0.6 is 0 Å². The third-order valence-corrected chi connectivity index (χ3v) is 5.21. The van der Waals surface area contributed by atoms with Crippen LogP contribution in [0.5, 0.6) is 0 Å². The van der Waals surface area contributed by atoms with Gasteiger partial charge >= 0.3 is 11.9 Å². The predicted octanol–water partition coefficient (Wildman–Crippen LogP) is 1.12. The summed E-state index contributed by atoms with van der Waals surface area (Å²) in [6, 6.07) is 0.211. The first kappa shape index (κ1) is 18.9. The number of aliphatic carboxylic acids is 2. The largest absolute Gasteiger partial charge is 0.481 e. The van der Waals surface area contributed by atoms with Crippen molar-refractivity contribution in [2.75, 3.05) is 19.6 Å². The molecular formula is C17H28N2O5. The highest BCUT2D eigenvalue weighted by Gasteiger charge is 2.38. The van der Waals surface area contributed by atoms with Crippen LogP contribution in [-0.4, -0.2) is 64.6 Å². The molecule has 2 aliphatic rings. The monoisotopic (exact) mass is 340 g/mol. The van der Waals surface area contributed by atoms with Crippen LogP contribution in [0.15, 0.2) is 0 Å². The van der Waals surface area contributed by atoms with Crippen LogP contribution in [0.2, 0.25) is 0 Å². The minimum atomic E-state index is -1.08. The molecule has 0 aromatic heterocycles. The minimum Gasteiger partial charge on any atom is -0.481 e. The molecule has 2 rings (SSSR count). The Kier molecular flexibility index (Phi) is 7.17. The SMILES string of the molecule is O=C(O)CC[C@H](CC(=O)[C@@H]1CC[C@@H]2CCCCNCCN21)C(=O)O. The van der Waals surface area contributed by atoms with Gasteiger partial charge in [0, 0.05) is 32.0 Å². The van der Waals surface area contributed by atoms with E-state index in [-0.39, 0.29) is 31.1 Å². The summed E-state index contributed by atoms with van der Waals surface area (Å²) in [7, 11) is 0. The van der Waals surface area contributed by atoms with Crippen molar-refractivity contribution in [3.8, 4) is 0 Å². The van der Waals surface area contributed by atoms with Crippen molar-refractivity contribution in [3.63, 3.8) is 0 Å². The Balaban J connectivity index is 1.96. The zero-order valence-electron chi connectivity index (χ0n) is 14.1. The van der Waals surface area contributed by atoms with Gasteiger partial charge in [0.1, 0.15) is 0 Å². The number of Topliss-reactive ketones (excluding diaryl/α,β-unsaturated/α-hetero) is 1. The number of nitrogens with one attached hydrogen (secondary N) is 1. The van der Waals surface area contributed by atoms with E-state index in [0.29, 0.717) is 6.04 Å². The summed E-state index contributed by atoms with van der Waals surface area (Å²) in [5, 5.41) is 21.4. The van der Waals surface area contributed by atoms with Gasteiger partial charge in [-0.3, -0.25) is 19.3 Å². The Labute approximate surface area is 142 Å². The van der Waals surface area contributed by atoms with Crippen LogP contribution in [0.3, 0.4) is 0 Å². The highest BCUT2D eigenvalue weighted by atomic mass is 16.4. The first-order chi connectivity index (χ1) is 11.5. The van der Waals surface area contributed by atoms with Crippen molar-refractivity contribution < 1.29 is 24.6 Å². The lowest BCUT2D eigenvalue weighted by Gasteiger charge is -2.29. The number of carboxylic acids is 2. The summed E-state index contributed by atoms with van der Waals surface area (Å²) in [4.78, 5) is 36.9. The van der Waals surface area contributed by atoms with Gasteiger partial charge in [0.05, 0.1) is 12.0 Å². The first-order valence-electron chi connectivity index (χ1n) is 8.93. The van der Waals surface area contributed by atoms with E-state index >= 15 is 0 Å². The van der Waals surface area contributed by atoms with E-state index in [2.05, 4.69) is 10.2 Å². The summed E-state index contributed by atoms with van der Waals surface area (Å²) in [5.74, 6) is -3.05. The van der Waals surface area contributed by atoms with Gasteiger partial charge in [-0.1, -0.05) is 6.42 Å². The molecule has 2 saturated heterocycles. The number of rotatable bonds is 7. The Bertz CT molecular complexity index is 468.